The van der Waals surface area contributed by atoms with Crippen molar-refractivity contribution in [3.05, 3.63) is 40.9 Å². The molecule has 1 aliphatic rings. The van der Waals surface area contributed by atoms with Gasteiger partial charge in [-0.2, -0.15) is 11.8 Å². The average Bonchev–Trinajstić information content (AvgIpc) is 2.46. The summed E-state index contributed by atoms with van der Waals surface area (Å²) in [4.78, 5) is 13.7. The van der Waals surface area contributed by atoms with E-state index in [4.69, 9.17) is 16.3 Å². The van der Waals surface area contributed by atoms with E-state index in [1.807, 2.05) is 18.4 Å². The van der Waals surface area contributed by atoms with Gasteiger partial charge in [-0.25, -0.2) is 0 Å². The van der Waals surface area contributed by atoms with Crippen molar-refractivity contribution in [3.8, 4) is 0 Å². The molecule has 0 N–H and O–H groups in total. The van der Waals surface area contributed by atoms with Crippen LogP contribution in [0.2, 0.25) is 5.02 Å². The van der Waals surface area contributed by atoms with Crippen LogP contribution < -0.4 is 0 Å². The Balaban J connectivity index is 1.94. The molecule has 1 unspecified atom stereocenters. The van der Waals surface area contributed by atoms with E-state index in [1.54, 1.807) is 40.9 Å². The highest BCUT2D eigenvalue weighted by atomic mass is 35.5. The molecule has 0 aromatic heterocycles. The Morgan fingerprint density at radius 2 is 2.21 bits per heavy atom. The topological polar surface area (TPSA) is 29.5 Å². The van der Waals surface area contributed by atoms with Crippen LogP contribution in [0, 0.1) is 0 Å². The summed E-state index contributed by atoms with van der Waals surface area (Å²) < 4.78 is 5.41. The minimum atomic E-state index is -0.0197. The quantitative estimate of drug-likeness (QED) is 0.804. The van der Waals surface area contributed by atoms with Crippen molar-refractivity contribution in [1.29, 1.82) is 0 Å². The standard InChI is InChI=1S/C14H16ClNO2S/c1-19-13-8-16(10-18-9-13)14(17)7-4-11-2-5-12(15)6-3-11/h2-7,13H,8-10H2,1H3/b7-4+. The van der Waals surface area contributed by atoms with Gasteiger partial charge in [0, 0.05) is 22.9 Å². The number of hydrogen-bond donors (Lipinski definition) is 0. The molecule has 19 heavy (non-hydrogen) atoms. The summed E-state index contributed by atoms with van der Waals surface area (Å²) in [6, 6.07) is 7.37. The van der Waals surface area contributed by atoms with E-state index in [0.29, 0.717) is 23.6 Å². The molecular formula is C14H16ClNO2S. The zero-order chi connectivity index (χ0) is 13.7. The van der Waals surface area contributed by atoms with E-state index >= 15 is 0 Å². The van der Waals surface area contributed by atoms with Gasteiger partial charge in [0.1, 0.15) is 6.73 Å². The molecule has 1 aromatic carbocycles. The number of nitrogens with zero attached hydrogens (tertiary/aromatic N) is 1. The smallest absolute Gasteiger partial charge is 0.248 e. The van der Waals surface area contributed by atoms with Crippen LogP contribution in [0.3, 0.4) is 0 Å². The summed E-state index contributed by atoms with van der Waals surface area (Å²) >= 11 is 7.54. The normalized spacial score (nSPS) is 19.9. The second-order valence-corrected chi connectivity index (χ2v) is 5.88. The van der Waals surface area contributed by atoms with Gasteiger partial charge in [0.25, 0.3) is 0 Å². The van der Waals surface area contributed by atoms with Crippen LogP contribution in [0.4, 0.5) is 0 Å². The molecule has 2 rings (SSSR count). The number of ether oxygens (including phenoxy) is 1. The zero-order valence-electron chi connectivity index (χ0n) is 10.7. The summed E-state index contributed by atoms with van der Waals surface area (Å²) in [6.07, 6.45) is 5.40. The molecule has 1 amide bonds. The number of halogens is 1. The summed E-state index contributed by atoms with van der Waals surface area (Å²) in [5.74, 6) is -0.0197. The number of carbonyl (C=O) groups excluding carboxylic acids is 1. The number of thioether (sulfide) groups is 1. The SMILES string of the molecule is CSC1COCN(C(=O)/C=C/c2ccc(Cl)cc2)C1. The Hall–Kier alpha value is -0.970. The number of benzene rings is 1. The third-order valence-corrected chi connectivity index (χ3v) is 4.11. The highest BCUT2D eigenvalue weighted by molar-refractivity contribution is 7.99. The lowest BCUT2D eigenvalue weighted by atomic mass is 10.2. The Morgan fingerprint density at radius 3 is 2.89 bits per heavy atom. The maximum atomic E-state index is 12.0. The fourth-order valence-electron chi connectivity index (χ4n) is 1.79. The molecule has 102 valence electrons. The van der Waals surface area contributed by atoms with E-state index in [-0.39, 0.29) is 5.91 Å². The van der Waals surface area contributed by atoms with Gasteiger partial charge in [0.15, 0.2) is 0 Å². The van der Waals surface area contributed by atoms with Gasteiger partial charge in [-0.3, -0.25) is 4.79 Å². The lowest BCUT2D eigenvalue weighted by Gasteiger charge is -2.31. The monoisotopic (exact) mass is 297 g/mol. The molecule has 1 fully saturated rings. The molecule has 0 spiro atoms. The van der Waals surface area contributed by atoms with Crippen molar-refractivity contribution in [2.45, 2.75) is 5.25 Å². The maximum absolute atomic E-state index is 12.0. The summed E-state index contributed by atoms with van der Waals surface area (Å²) in [5, 5.41) is 1.05. The first-order valence-corrected chi connectivity index (χ1v) is 7.68. The maximum Gasteiger partial charge on any atom is 0.248 e. The zero-order valence-corrected chi connectivity index (χ0v) is 12.3. The molecule has 0 radical (unpaired) electrons. The van der Waals surface area contributed by atoms with Crippen LogP contribution in [-0.2, 0) is 9.53 Å². The highest BCUT2D eigenvalue weighted by Crippen LogP contribution is 2.15. The third kappa shape index (κ3) is 4.27. The lowest BCUT2D eigenvalue weighted by molar-refractivity contribution is -0.134. The van der Waals surface area contributed by atoms with Crippen molar-refractivity contribution in [2.75, 3.05) is 26.1 Å². The minimum Gasteiger partial charge on any atom is -0.360 e. The first-order valence-electron chi connectivity index (χ1n) is 6.02. The molecule has 1 aromatic rings. The molecule has 0 aliphatic carbocycles. The summed E-state index contributed by atoms with van der Waals surface area (Å²) in [6.45, 7) is 1.83. The molecular weight excluding hydrogens is 282 g/mol. The molecule has 5 heteroatoms. The molecule has 0 bridgehead atoms. The number of amides is 1. The Labute approximate surface area is 122 Å². The minimum absolute atomic E-state index is 0.0197. The van der Waals surface area contributed by atoms with Crippen molar-refractivity contribution in [1.82, 2.24) is 4.90 Å². The first-order chi connectivity index (χ1) is 9.19. The lowest BCUT2D eigenvalue weighted by Crippen LogP contribution is -2.43. The van der Waals surface area contributed by atoms with Crippen LogP contribution >= 0.6 is 23.4 Å². The van der Waals surface area contributed by atoms with E-state index in [0.717, 1.165) is 12.1 Å². The average molecular weight is 298 g/mol. The van der Waals surface area contributed by atoms with Crippen molar-refractivity contribution in [2.24, 2.45) is 0 Å². The van der Waals surface area contributed by atoms with Crippen molar-refractivity contribution >= 4 is 35.3 Å². The Bertz CT molecular complexity index is 461. The predicted octanol–water partition coefficient (Wildman–Crippen LogP) is 2.90. The second-order valence-electron chi connectivity index (χ2n) is 4.30. The van der Waals surface area contributed by atoms with Gasteiger partial charge in [0.05, 0.1) is 6.61 Å². The number of hydrogen-bond acceptors (Lipinski definition) is 3. The van der Waals surface area contributed by atoms with Crippen LogP contribution in [-0.4, -0.2) is 42.2 Å². The van der Waals surface area contributed by atoms with Gasteiger partial charge in [-0.15, -0.1) is 0 Å². The van der Waals surface area contributed by atoms with E-state index in [9.17, 15) is 4.79 Å². The van der Waals surface area contributed by atoms with Gasteiger partial charge < -0.3 is 9.64 Å². The van der Waals surface area contributed by atoms with E-state index < -0.39 is 0 Å². The van der Waals surface area contributed by atoms with Gasteiger partial charge in [-0.1, -0.05) is 23.7 Å². The number of carbonyl (C=O) groups is 1. The summed E-state index contributed by atoms with van der Waals surface area (Å²) in [7, 11) is 0. The van der Waals surface area contributed by atoms with E-state index in [2.05, 4.69) is 0 Å². The Morgan fingerprint density at radius 1 is 1.47 bits per heavy atom. The largest absolute Gasteiger partial charge is 0.360 e. The molecule has 0 saturated carbocycles. The molecule has 1 atom stereocenters. The molecule has 3 nitrogen and oxygen atoms in total. The summed E-state index contributed by atoms with van der Waals surface area (Å²) in [5.41, 5.74) is 0.956. The van der Waals surface area contributed by atoms with Crippen LogP contribution in [0.1, 0.15) is 5.56 Å². The van der Waals surface area contributed by atoms with Crippen LogP contribution in [0.25, 0.3) is 6.08 Å². The predicted molar refractivity (Wildman–Crippen MR) is 80.3 cm³/mol. The number of rotatable bonds is 3. The highest BCUT2D eigenvalue weighted by Gasteiger charge is 2.21. The van der Waals surface area contributed by atoms with Gasteiger partial charge in [-0.05, 0) is 30.0 Å². The van der Waals surface area contributed by atoms with Crippen LogP contribution in [0.5, 0.6) is 0 Å². The van der Waals surface area contributed by atoms with Crippen molar-refractivity contribution in [3.63, 3.8) is 0 Å². The molecule has 1 saturated heterocycles. The van der Waals surface area contributed by atoms with Gasteiger partial charge >= 0.3 is 0 Å². The molecule has 1 heterocycles. The third-order valence-electron chi connectivity index (χ3n) is 2.91. The first kappa shape index (κ1) is 14.4. The van der Waals surface area contributed by atoms with E-state index in [1.165, 1.54) is 0 Å². The van der Waals surface area contributed by atoms with Crippen LogP contribution in [0.15, 0.2) is 30.3 Å². The fourth-order valence-corrected chi connectivity index (χ4v) is 2.48. The second kappa shape index (κ2) is 6.98. The fraction of sp³-hybridized carbons (Fsp3) is 0.357. The molecule has 1 aliphatic heterocycles. The Kier molecular flexibility index (Phi) is 5.31. The van der Waals surface area contributed by atoms with Crippen molar-refractivity contribution < 1.29 is 9.53 Å². The van der Waals surface area contributed by atoms with Gasteiger partial charge in [0.2, 0.25) is 5.91 Å².